The molecule has 28 heavy (non-hydrogen) atoms. The molecular weight excluding hydrogens is 368 g/mol. The van der Waals surface area contributed by atoms with Gasteiger partial charge in [0.2, 0.25) is 0 Å². The standard InChI is InChI=1S/C19H20N2O7/c1-26-16-5-4-12(8-17(16)27-2)6-7-20-18(22)13-9-14(19(23)28-3)11-15(10-13)21(24)25/h4-5,8-11H,6-7H2,1-3H3,(H,20,22). The summed E-state index contributed by atoms with van der Waals surface area (Å²) in [6.07, 6.45) is 0.505. The van der Waals surface area contributed by atoms with Crippen LogP contribution in [-0.2, 0) is 11.2 Å². The van der Waals surface area contributed by atoms with E-state index in [9.17, 15) is 19.7 Å². The maximum atomic E-state index is 12.4. The van der Waals surface area contributed by atoms with Crippen molar-refractivity contribution in [1.29, 1.82) is 0 Å². The van der Waals surface area contributed by atoms with E-state index in [4.69, 9.17) is 9.47 Å². The molecule has 148 valence electrons. The molecule has 0 bridgehead atoms. The molecule has 0 saturated heterocycles. The van der Waals surface area contributed by atoms with E-state index in [0.29, 0.717) is 17.9 Å². The second kappa shape index (κ2) is 9.36. The number of benzene rings is 2. The first-order chi connectivity index (χ1) is 13.4. The number of hydrogen-bond acceptors (Lipinski definition) is 7. The zero-order valence-electron chi connectivity index (χ0n) is 15.7. The van der Waals surface area contributed by atoms with Gasteiger partial charge >= 0.3 is 5.97 Å². The quantitative estimate of drug-likeness (QED) is 0.419. The molecule has 1 amide bonds. The van der Waals surface area contributed by atoms with E-state index in [2.05, 4.69) is 10.1 Å². The van der Waals surface area contributed by atoms with Crippen LogP contribution in [0.3, 0.4) is 0 Å². The largest absolute Gasteiger partial charge is 0.493 e. The predicted molar refractivity (Wildman–Crippen MR) is 100 cm³/mol. The molecule has 0 aliphatic heterocycles. The summed E-state index contributed by atoms with van der Waals surface area (Å²) >= 11 is 0. The van der Waals surface area contributed by atoms with E-state index in [0.717, 1.165) is 24.8 Å². The number of non-ortho nitro benzene ring substituents is 1. The molecule has 0 unspecified atom stereocenters. The molecule has 2 rings (SSSR count). The highest BCUT2D eigenvalue weighted by atomic mass is 16.6. The molecule has 9 nitrogen and oxygen atoms in total. The number of carbonyl (C=O) groups is 2. The number of ether oxygens (including phenoxy) is 3. The van der Waals surface area contributed by atoms with Gasteiger partial charge in [-0.1, -0.05) is 6.07 Å². The third-order valence-electron chi connectivity index (χ3n) is 3.96. The fourth-order valence-electron chi connectivity index (χ4n) is 2.54. The molecule has 0 aliphatic carbocycles. The van der Waals surface area contributed by atoms with Gasteiger partial charge in [0.05, 0.1) is 31.8 Å². The SMILES string of the molecule is COC(=O)c1cc(C(=O)NCCc2ccc(OC)c(OC)c2)cc([N+](=O)[O-])c1. The highest BCUT2D eigenvalue weighted by molar-refractivity contribution is 5.98. The average molecular weight is 388 g/mol. The predicted octanol–water partition coefficient (Wildman–Crippen LogP) is 2.37. The number of esters is 1. The van der Waals surface area contributed by atoms with Crippen LogP contribution in [0.25, 0.3) is 0 Å². The smallest absolute Gasteiger partial charge is 0.338 e. The van der Waals surface area contributed by atoms with Crippen molar-refractivity contribution < 1.29 is 28.7 Å². The molecule has 0 saturated carbocycles. The van der Waals surface area contributed by atoms with Gasteiger partial charge in [-0.3, -0.25) is 14.9 Å². The van der Waals surface area contributed by atoms with Gasteiger partial charge in [-0.15, -0.1) is 0 Å². The molecule has 0 spiro atoms. The van der Waals surface area contributed by atoms with Gasteiger partial charge in [0.15, 0.2) is 11.5 Å². The second-order valence-electron chi connectivity index (χ2n) is 5.71. The van der Waals surface area contributed by atoms with Crippen LogP contribution in [0.4, 0.5) is 5.69 Å². The summed E-state index contributed by atoms with van der Waals surface area (Å²) in [5.41, 5.74) is 0.476. The molecule has 0 heterocycles. The molecule has 0 radical (unpaired) electrons. The van der Waals surface area contributed by atoms with Crippen LogP contribution < -0.4 is 14.8 Å². The zero-order chi connectivity index (χ0) is 20.7. The van der Waals surface area contributed by atoms with Crippen LogP contribution in [0.15, 0.2) is 36.4 Å². The Morgan fingerprint density at radius 1 is 1.00 bits per heavy atom. The summed E-state index contributed by atoms with van der Waals surface area (Å²) in [4.78, 5) is 34.4. The first-order valence-corrected chi connectivity index (χ1v) is 8.26. The monoisotopic (exact) mass is 388 g/mol. The number of hydrogen-bond donors (Lipinski definition) is 1. The van der Waals surface area contributed by atoms with Crippen molar-refractivity contribution in [2.75, 3.05) is 27.9 Å². The van der Waals surface area contributed by atoms with Crippen molar-refractivity contribution in [2.24, 2.45) is 0 Å². The van der Waals surface area contributed by atoms with Gasteiger partial charge in [0, 0.05) is 24.2 Å². The lowest BCUT2D eigenvalue weighted by Gasteiger charge is -2.10. The number of nitrogens with one attached hydrogen (secondary N) is 1. The highest BCUT2D eigenvalue weighted by Crippen LogP contribution is 2.27. The lowest BCUT2D eigenvalue weighted by Crippen LogP contribution is -2.26. The second-order valence-corrected chi connectivity index (χ2v) is 5.71. The van der Waals surface area contributed by atoms with Crippen molar-refractivity contribution in [1.82, 2.24) is 5.32 Å². The van der Waals surface area contributed by atoms with Crippen molar-refractivity contribution >= 4 is 17.6 Å². The fraction of sp³-hybridized carbons (Fsp3) is 0.263. The summed E-state index contributed by atoms with van der Waals surface area (Å²) in [5, 5.41) is 13.7. The minimum Gasteiger partial charge on any atom is -0.493 e. The number of rotatable bonds is 8. The fourth-order valence-corrected chi connectivity index (χ4v) is 2.54. The third-order valence-corrected chi connectivity index (χ3v) is 3.96. The number of carbonyl (C=O) groups excluding carboxylic acids is 2. The summed E-state index contributed by atoms with van der Waals surface area (Å²) in [6, 6.07) is 8.83. The van der Waals surface area contributed by atoms with E-state index >= 15 is 0 Å². The van der Waals surface area contributed by atoms with Crippen LogP contribution in [0.5, 0.6) is 11.5 Å². The van der Waals surface area contributed by atoms with Gasteiger partial charge in [-0.05, 0) is 30.2 Å². The number of methoxy groups -OCH3 is 3. The molecule has 0 fully saturated rings. The van der Waals surface area contributed by atoms with Crippen LogP contribution >= 0.6 is 0 Å². The van der Waals surface area contributed by atoms with Gasteiger partial charge in [0.25, 0.3) is 11.6 Å². The van der Waals surface area contributed by atoms with Gasteiger partial charge in [0.1, 0.15) is 0 Å². The first kappa shape index (κ1) is 20.7. The molecule has 0 atom stereocenters. The Morgan fingerprint density at radius 3 is 2.29 bits per heavy atom. The van der Waals surface area contributed by atoms with Gasteiger partial charge in [-0.25, -0.2) is 4.79 Å². The van der Waals surface area contributed by atoms with E-state index in [1.165, 1.54) is 13.2 Å². The third kappa shape index (κ3) is 4.97. The Kier molecular flexibility index (Phi) is 6.91. The first-order valence-electron chi connectivity index (χ1n) is 8.26. The van der Waals surface area contributed by atoms with Crippen LogP contribution in [-0.4, -0.2) is 44.7 Å². The Balaban J connectivity index is 2.09. The average Bonchev–Trinajstić information content (AvgIpc) is 2.72. The molecule has 2 aromatic rings. The molecule has 2 aromatic carbocycles. The van der Waals surface area contributed by atoms with Crippen LogP contribution in [0.1, 0.15) is 26.3 Å². The van der Waals surface area contributed by atoms with E-state index < -0.39 is 16.8 Å². The van der Waals surface area contributed by atoms with Crippen LogP contribution in [0.2, 0.25) is 0 Å². The van der Waals surface area contributed by atoms with Crippen LogP contribution in [0, 0.1) is 10.1 Å². The van der Waals surface area contributed by atoms with Crippen molar-refractivity contribution in [2.45, 2.75) is 6.42 Å². The lowest BCUT2D eigenvalue weighted by atomic mass is 10.1. The van der Waals surface area contributed by atoms with Gasteiger partial charge in [-0.2, -0.15) is 0 Å². The van der Waals surface area contributed by atoms with E-state index in [1.807, 2.05) is 6.07 Å². The molecule has 9 heteroatoms. The zero-order valence-corrected chi connectivity index (χ0v) is 15.7. The molecule has 0 aliphatic rings. The summed E-state index contributed by atoms with van der Waals surface area (Å²) in [5.74, 6) is -0.118. The Labute approximate surface area is 161 Å². The molecule has 1 N–H and O–H groups in total. The summed E-state index contributed by atoms with van der Waals surface area (Å²) in [7, 11) is 4.23. The van der Waals surface area contributed by atoms with Gasteiger partial charge < -0.3 is 19.5 Å². The molecular formula is C19H20N2O7. The van der Waals surface area contributed by atoms with Crippen molar-refractivity contribution in [3.8, 4) is 11.5 Å². The number of amides is 1. The maximum Gasteiger partial charge on any atom is 0.338 e. The van der Waals surface area contributed by atoms with E-state index in [1.54, 1.807) is 19.2 Å². The minimum absolute atomic E-state index is 0.00177. The summed E-state index contributed by atoms with van der Waals surface area (Å²) < 4.78 is 15.0. The number of nitro groups is 1. The normalized spacial score (nSPS) is 10.1. The number of nitrogens with zero attached hydrogens (tertiary/aromatic N) is 1. The lowest BCUT2D eigenvalue weighted by molar-refractivity contribution is -0.384. The van der Waals surface area contributed by atoms with E-state index in [-0.39, 0.29) is 23.4 Å². The van der Waals surface area contributed by atoms with Crippen molar-refractivity contribution in [3.63, 3.8) is 0 Å². The Hall–Kier alpha value is -3.62. The Bertz CT molecular complexity index is 896. The Morgan fingerprint density at radius 2 is 1.68 bits per heavy atom. The topological polar surface area (TPSA) is 117 Å². The highest BCUT2D eigenvalue weighted by Gasteiger charge is 2.18. The number of nitro benzene ring substituents is 1. The summed E-state index contributed by atoms with van der Waals surface area (Å²) in [6.45, 7) is 0.282. The maximum absolute atomic E-state index is 12.4. The minimum atomic E-state index is -0.761. The van der Waals surface area contributed by atoms with Crippen molar-refractivity contribution in [3.05, 3.63) is 63.2 Å². The molecule has 0 aromatic heterocycles.